The topological polar surface area (TPSA) is 80.7 Å². The SMILES string of the molecule is Cn1ncc2c1CCCC2NC(=O)NCc1cccc(OCCN2CCOCC2)c1. The molecule has 0 bridgehead atoms. The number of hydrogen-bond donors (Lipinski definition) is 2. The molecular weight excluding hydrogens is 382 g/mol. The third kappa shape index (κ3) is 5.31. The van der Waals surface area contributed by atoms with Gasteiger partial charge in [0.1, 0.15) is 12.4 Å². The van der Waals surface area contributed by atoms with Crippen molar-refractivity contribution < 1.29 is 14.3 Å². The fourth-order valence-electron chi connectivity index (χ4n) is 4.11. The van der Waals surface area contributed by atoms with Crippen molar-refractivity contribution >= 4 is 6.03 Å². The van der Waals surface area contributed by atoms with Gasteiger partial charge in [-0.2, -0.15) is 5.10 Å². The van der Waals surface area contributed by atoms with Gasteiger partial charge in [-0.05, 0) is 37.0 Å². The number of nitrogens with zero attached hydrogens (tertiary/aromatic N) is 3. The molecule has 1 aromatic heterocycles. The molecule has 0 radical (unpaired) electrons. The zero-order chi connectivity index (χ0) is 20.8. The van der Waals surface area contributed by atoms with E-state index < -0.39 is 0 Å². The van der Waals surface area contributed by atoms with Gasteiger partial charge < -0.3 is 20.1 Å². The van der Waals surface area contributed by atoms with E-state index in [4.69, 9.17) is 9.47 Å². The van der Waals surface area contributed by atoms with E-state index in [1.807, 2.05) is 42.2 Å². The number of carbonyl (C=O) groups excluding carboxylic acids is 1. The normalized spacial score (nSPS) is 19.2. The first-order chi connectivity index (χ1) is 14.7. The quantitative estimate of drug-likeness (QED) is 0.726. The highest BCUT2D eigenvalue weighted by atomic mass is 16.5. The van der Waals surface area contributed by atoms with Gasteiger partial charge >= 0.3 is 6.03 Å². The van der Waals surface area contributed by atoms with E-state index >= 15 is 0 Å². The van der Waals surface area contributed by atoms with Crippen LogP contribution in [0.1, 0.15) is 35.7 Å². The molecule has 1 atom stereocenters. The number of amides is 2. The second-order valence-corrected chi connectivity index (χ2v) is 7.89. The molecule has 2 heterocycles. The van der Waals surface area contributed by atoms with E-state index in [9.17, 15) is 4.79 Å². The summed E-state index contributed by atoms with van der Waals surface area (Å²) in [4.78, 5) is 14.8. The predicted octanol–water partition coefficient (Wildman–Crippen LogP) is 2.01. The molecule has 1 aromatic carbocycles. The Hall–Kier alpha value is -2.58. The highest BCUT2D eigenvalue weighted by molar-refractivity contribution is 5.74. The first-order valence-electron chi connectivity index (χ1n) is 10.8. The van der Waals surface area contributed by atoms with E-state index in [0.717, 1.165) is 69.0 Å². The highest BCUT2D eigenvalue weighted by Gasteiger charge is 2.24. The highest BCUT2D eigenvalue weighted by Crippen LogP contribution is 2.28. The van der Waals surface area contributed by atoms with Crippen LogP contribution in [0.15, 0.2) is 30.5 Å². The molecule has 0 spiro atoms. The molecule has 1 aliphatic carbocycles. The summed E-state index contributed by atoms with van der Waals surface area (Å²) < 4.78 is 13.2. The maximum Gasteiger partial charge on any atom is 0.315 e. The van der Waals surface area contributed by atoms with Gasteiger partial charge in [-0.15, -0.1) is 0 Å². The van der Waals surface area contributed by atoms with Gasteiger partial charge in [0.05, 0.1) is 25.5 Å². The average Bonchev–Trinajstić information content (AvgIpc) is 3.15. The second-order valence-electron chi connectivity index (χ2n) is 7.89. The molecule has 1 fully saturated rings. The Labute approximate surface area is 177 Å². The number of fused-ring (bicyclic) bond motifs is 1. The number of hydrogen-bond acceptors (Lipinski definition) is 5. The standard InChI is InChI=1S/C22H31N5O3/c1-26-21-7-3-6-20(19(21)16-24-26)25-22(28)23-15-17-4-2-5-18(14-17)30-13-10-27-8-11-29-12-9-27/h2,4-5,14,16,20H,3,6-13,15H2,1H3,(H2,23,25,28). The Morgan fingerprint density at radius 2 is 2.20 bits per heavy atom. The lowest BCUT2D eigenvalue weighted by Crippen LogP contribution is -2.38. The molecule has 0 saturated carbocycles. The first kappa shape index (κ1) is 20.7. The van der Waals surface area contributed by atoms with Gasteiger partial charge in [0, 0.05) is 44.5 Å². The van der Waals surface area contributed by atoms with Crippen LogP contribution in [0.4, 0.5) is 4.79 Å². The summed E-state index contributed by atoms with van der Waals surface area (Å²) in [6.45, 7) is 5.52. The van der Waals surface area contributed by atoms with Gasteiger partial charge in [-0.1, -0.05) is 12.1 Å². The van der Waals surface area contributed by atoms with Crippen LogP contribution in [0.2, 0.25) is 0 Å². The van der Waals surface area contributed by atoms with Crippen LogP contribution < -0.4 is 15.4 Å². The molecule has 30 heavy (non-hydrogen) atoms. The number of morpholine rings is 1. The number of rotatable bonds is 7. The Balaban J connectivity index is 1.23. The van der Waals surface area contributed by atoms with Crippen LogP contribution in [0.25, 0.3) is 0 Å². The lowest BCUT2D eigenvalue weighted by molar-refractivity contribution is 0.0322. The number of urea groups is 1. The molecule has 2 aliphatic rings. The smallest absolute Gasteiger partial charge is 0.315 e. The molecule has 2 N–H and O–H groups in total. The summed E-state index contributed by atoms with van der Waals surface area (Å²) in [5, 5.41) is 10.4. The summed E-state index contributed by atoms with van der Waals surface area (Å²) in [5.41, 5.74) is 3.36. The van der Waals surface area contributed by atoms with E-state index in [-0.39, 0.29) is 12.1 Å². The van der Waals surface area contributed by atoms with E-state index in [1.165, 1.54) is 5.69 Å². The number of aryl methyl sites for hydroxylation is 1. The first-order valence-corrected chi connectivity index (χ1v) is 10.8. The maximum atomic E-state index is 12.4. The van der Waals surface area contributed by atoms with Crippen LogP contribution >= 0.6 is 0 Å². The summed E-state index contributed by atoms with van der Waals surface area (Å²) in [6.07, 6.45) is 4.89. The number of carbonyl (C=O) groups is 1. The van der Waals surface area contributed by atoms with Gasteiger partial charge in [0.25, 0.3) is 0 Å². The van der Waals surface area contributed by atoms with Crippen molar-refractivity contribution in [1.82, 2.24) is 25.3 Å². The minimum Gasteiger partial charge on any atom is -0.492 e. The number of ether oxygens (including phenoxy) is 2. The fraction of sp³-hybridized carbons (Fsp3) is 0.545. The summed E-state index contributed by atoms with van der Waals surface area (Å²) in [5.74, 6) is 0.829. The maximum absolute atomic E-state index is 12.4. The Bertz CT molecular complexity index is 847. The monoisotopic (exact) mass is 413 g/mol. The van der Waals surface area contributed by atoms with E-state index in [0.29, 0.717) is 13.2 Å². The van der Waals surface area contributed by atoms with Crippen molar-refractivity contribution in [3.63, 3.8) is 0 Å². The lowest BCUT2D eigenvalue weighted by atomic mass is 9.93. The summed E-state index contributed by atoms with van der Waals surface area (Å²) >= 11 is 0. The van der Waals surface area contributed by atoms with Crippen molar-refractivity contribution in [2.75, 3.05) is 39.5 Å². The van der Waals surface area contributed by atoms with E-state index in [2.05, 4.69) is 20.6 Å². The number of benzene rings is 1. The van der Waals surface area contributed by atoms with Crippen molar-refractivity contribution in [2.45, 2.75) is 31.8 Å². The van der Waals surface area contributed by atoms with Crippen molar-refractivity contribution in [2.24, 2.45) is 7.05 Å². The van der Waals surface area contributed by atoms with Crippen LogP contribution in [0, 0.1) is 0 Å². The molecule has 162 valence electrons. The van der Waals surface area contributed by atoms with Crippen LogP contribution in [0.5, 0.6) is 5.75 Å². The number of aromatic nitrogens is 2. The molecular formula is C22H31N5O3. The number of nitrogens with one attached hydrogen (secondary N) is 2. The largest absolute Gasteiger partial charge is 0.492 e. The van der Waals surface area contributed by atoms with Crippen LogP contribution in [-0.2, 0) is 24.8 Å². The Morgan fingerprint density at radius 3 is 3.07 bits per heavy atom. The van der Waals surface area contributed by atoms with Crippen molar-refractivity contribution in [3.05, 3.63) is 47.3 Å². The third-order valence-corrected chi connectivity index (χ3v) is 5.81. The molecule has 1 unspecified atom stereocenters. The lowest BCUT2D eigenvalue weighted by Gasteiger charge is -2.26. The molecule has 4 rings (SSSR count). The summed E-state index contributed by atoms with van der Waals surface area (Å²) in [6, 6.07) is 7.76. The average molecular weight is 414 g/mol. The van der Waals surface area contributed by atoms with Crippen molar-refractivity contribution in [1.29, 1.82) is 0 Å². The minimum atomic E-state index is -0.157. The Morgan fingerprint density at radius 1 is 1.33 bits per heavy atom. The zero-order valence-corrected chi connectivity index (χ0v) is 17.6. The fourth-order valence-corrected chi connectivity index (χ4v) is 4.11. The van der Waals surface area contributed by atoms with E-state index in [1.54, 1.807) is 0 Å². The van der Waals surface area contributed by atoms with Crippen LogP contribution in [0.3, 0.4) is 0 Å². The molecule has 8 nitrogen and oxygen atoms in total. The van der Waals surface area contributed by atoms with Gasteiger partial charge in [0.15, 0.2) is 0 Å². The minimum absolute atomic E-state index is 0.0253. The Kier molecular flexibility index (Phi) is 6.86. The third-order valence-electron chi connectivity index (χ3n) is 5.81. The second kappa shape index (κ2) is 9.95. The van der Waals surface area contributed by atoms with Crippen LogP contribution in [-0.4, -0.2) is 60.2 Å². The molecule has 2 amide bonds. The summed E-state index contributed by atoms with van der Waals surface area (Å²) in [7, 11) is 1.96. The van der Waals surface area contributed by atoms with Crippen molar-refractivity contribution in [3.8, 4) is 5.75 Å². The van der Waals surface area contributed by atoms with Gasteiger partial charge in [-0.25, -0.2) is 4.79 Å². The van der Waals surface area contributed by atoms with Gasteiger partial charge in [-0.3, -0.25) is 9.58 Å². The predicted molar refractivity (Wildman–Crippen MR) is 113 cm³/mol. The molecule has 1 aliphatic heterocycles. The zero-order valence-electron chi connectivity index (χ0n) is 17.6. The molecule has 8 heteroatoms. The molecule has 2 aromatic rings. The molecule has 1 saturated heterocycles. The van der Waals surface area contributed by atoms with Gasteiger partial charge in [0.2, 0.25) is 0 Å².